The van der Waals surface area contributed by atoms with E-state index in [2.05, 4.69) is 37.8 Å². The number of carbonyl (C=O) groups excluding carboxylic acids is 1. The minimum Gasteiger partial charge on any atom is -0.450 e. The summed E-state index contributed by atoms with van der Waals surface area (Å²) in [6.07, 6.45) is 3.67. The largest absolute Gasteiger partial charge is 0.450 e. The molecule has 1 amide bonds. The molecule has 0 spiro atoms. The van der Waals surface area contributed by atoms with Gasteiger partial charge in [0.05, 0.1) is 34.3 Å². The van der Waals surface area contributed by atoms with Crippen LogP contribution >= 0.6 is 11.3 Å². The number of anilines is 2. The summed E-state index contributed by atoms with van der Waals surface area (Å²) in [6, 6.07) is 13.2. The van der Waals surface area contributed by atoms with E-state index < -0.39 is 17.7 Å². The van der Waals surface area contributed by atoms with Crippen molar-refractivity contribution in [2.45, 2.75) is 32.0 Å². The molecule has 1 fully saturated rings. The monoisotopic (exact) mass is 572 g/mol. The Balaban J connectivity index is 1.16. The Kier molecular flexibility index (Phi) is 7.50. The fourth-order valence-corrected chi connectivity index (χ4v) is 5.78. The van der Waals surface area contributed by atoms with E-state index in [4.69, 9.17) is 4.74 Å². The van der Waals surface area contributed by atoms with Crippen LogP contribution in [-0.2, 0) is 11.3 Å². The van der Waals surface area contributed by atoms with E-state index in [0.717, 1.165) is 43.8 Å². The third-order valence-corrected chi connectivity index (χ3v) is 7.84. The zero-order valence-corrected chi connectivity index (χ0v) is 22.9. The molecule has 1 saturated heterocycles. The molecular weight excluding hydrogens is 546 g/mol. The first kappa shape index (κ1) is 26.7. The quantitative estimate of drug-likeness (QED) is 0.231. The van der Waals surface area contributed by atoms with Gasteiger partial charge in [0.15, 0.2) is 5.82 Å². The van der Waals surface area contributed by atoms with Crippen LogP contribution in [0.5, 0.6) is 0 Å². The molecular formula is C30H26F2N6O2S. The van der Waals surface area contributed by atoms with Crippen molar-refractivity contribution in [1.82, 2.24) is 25.2 Å². The second kappa shape index (κ2) is 11.5. The molecule has 1 aliphatic heterocycles. The molecule has 0 unspecified atom stereocenters. The molecule has 208 valence electrons. The number of nitrogens with one attached hydrogen (secondary N) is 3. The van der Waals surface area contributed by atoms with Crippen LogP contribution < -0.4 is 16.0 Å². The van der Waals surface area contributed by atoms with E-state index in [1.54, 1.807) is 6.92 Å². The van der Waals surface area contributed by atoms with E-state index in [0.29, 0.717) is 31.0 Å². The van der Waals surface area contributed by atoms with Gasteiger partial charge >= 0.3 is 6.09 Å². The Labute approximate surface area is 238 Å². The van der Waals surface area contributed by atoms with E-state index in [9.17, 15) is 13.6 Å². The topological polar surface area (TPSA) is 93.1 Å². The maximum atomic E-state index is 14.2. The number of thiophene rings is 1. The minimum atomic E-state index is -0.463. The van der Waals surface area contributed by atoms with Gasteiger partial charge in [-0.05, 0) is 61.9 Å². The highest BCUT2D eigenvalue weighted by molar-refractivity contribution is 7.20. The second-order valence-corrected chi connectivity index (χ2v) is 10.7. The lowest BCUT2D eigenvalue weighted by Crippen LogP contribution is -2.36. The summed E-state index contributed by atoms with van der Waals surface area (Å²) >= 11 is 1.51. The Hall–Kier alpha value is -4.53. The first-order valence-corrected chi connectivity index (χ1v) is 14.0. The zero-order valence-electron chi connectivity index (χ0n) is 22.1. The average molecular weight is 573 g/mol. The molecule has 0 aliphatic carbocycles. The standard InChI is InChI=1S/C30H26F2N6O2S/c1-2-40-30(39)37-23-13-21(33-15-23)4-6-24-14-26-28(41-24)29(35-17-34-26)36-22-5-8-27-18(12-22)9-10-38(27)16-19-11-20(31)3-7-25(19)32/h3,5,7-12,14,17,21,23,33H,2,13,15-16H2,1H3,(H,37,39)(H,34,35,36)/t21-,23-/m1/s1. The van der Waals surface area contributed by atoms with Crippen molar-refractivity contribution in [2.24, 2.45) is 0 Å². The number of rotatable bonds is 6. The van der Waals surface area contributed by atoms with Crippen LogP contribution in [0.2, 0.25) is 0 Å². The van der Waals surface area contributed by atoms with Crippen molar-refractivity contribution in [1.29, 1.82) is 0 Å². The predicted octanol–water partition coefficient (Wildman–Crippen LogP) is 5.54. The summed E-state index contributed by atoms with van der Waals surface area (Å²) in [6.45, 7) is 2.98. The smallest absolute Gasteiger partial charge is 0.407 e. The van der Waals surface area contributed by atoms with Gasteiger partial charge in [0.1, 0.15) is 18.0 Å². The fraction of sp³-hybridized carbons (Fsp3) is 0.233. The van der Waals surface area contributed by atoms with Gasteiger partial charge in [-0.2, -0.15) is 0 Å². The Morgan fingerprint density at radius 2 is 2.10 bits per heavy atom. The summed E-state index contributed by atoms with van der Waals surface area (Å²) in [4.78, 5) is 21.4. The number of hydrogen-bond donors (Lipinski definition) is 3. The molecule has 3 N–H and O–H groups in total. The highest BCUT2D eigenvalue weighted by atomic mass is 32.1. The number of amides is 1. The first-order chi connectivity index (χ1) is 19.9. The van der Waals surface area contributed by atoms with Gasteiger partial charge in [0.25, 0.3) is 0 Å². The molecule has 0 bridgehead atoms. The molecule has 2 aromatic carbocycles. The summed E-state index contributed by atoms with van der Waals surface area (Å²) in [7, 11) is 0. The summed E-state index contributed by atoms with van der Waals surface area (Å²) in [5, 5.41) is 10.5. The van der Waals surface area contributed by atoms with Gasteiger partial charge in [0.2, 0.25) is 0 Å². The van der Waals surface area contributed by atoms with Crippen molar-refractivity contribution in [3.05, 3.63) is 83.1 Å². The highest BCUT2D eigenvalue weighted by Crippen LogP contribution is 2.31. The molecule has 6 rings (SSSR count). The van der Waals surface area contributed by atoms with Crippen LogP contribution in [0.3, 0.4) is 0 Å². The first-order valence-electron chi connectivity index (χ1n) is 13.2. The third-order valence-electron chi connectivity index (χ3n) is 6.79. The summed E-state index contributed by atoms with van der Waals surface area (Å²) in [5.74, 6) is 6.26. The normalized spacial score (nSPS) is 16.5. The van der Waals surface area contributed by atoms with E-state index in [1.165, 1.54) is 23.7 Å². The lowest BCUT2D eigenvalue weighted by atomic mass is 10.2. The molecule has 2 atom stereocenters. The molecule has 1 aliphatic rings. The number of halogens is 2. The van der Waals surface area contributed by atoms with Crippen LogP contribution in [0.25, 0.3) is 21.1 Å². The molecule has 3 aromatic heterocycles. The zero-order chi connectivity index (χ0) is 28.3. The number of aromatic nitrogens is 3. The number of fused-ring (bicyclic) bond motifs is 2. The molecule has 0 saturated carbocycles. The average Bonchev–Trinajstić information content (AvgIpc) is 3.68. The molecule has 41 heavy (non-hydrogen) atoms. The van der Waals surface area contributed by atoms with Gasteiger partial charge in [-0.3, -0.25) is 0 Å². The number of alkyl carbamates (subject to hydrolysis) is 1. The van der Waals surface area contributed by atoms with Crippen LogP contribution in [0.15, 0.2) is 61.1 Å². The maximum Gasteiger partial charge on any atom is 0.407 e. The van der Waals surface area contributed by atoms with Crippen LogP contribution in [0.4, 0.5) is 25.1 Å². The molecule has 4 heterocycles. The van der Waals surface area contributed by atoms with Crippen molar-refractivity contribution in [3.8, 4) is 11.8 Å². The van der Waals surface area contributed by atoms with Crippen LogP contribution in [-0.4, -0.2) is 45.9 Å². The fourth-order valence-electron chi connectivity index (χ4n) is 4.86. The number of carbonyl (C=O) groups is 1. The number of nitrogens with zero attached hydrogens (tertiary/aromatic N) is 3. The van der Waals surface area contributed by atoms with Crippen molar-refractivity contribution >= 4 is 50.1 Å². The SMILES string of the molecule is CCOC(=O)N[C@H]1CN[C@H](C#Cc2cc3ncnc(Nc4ccc5c(ccn5Cc5cc(F)ccc5F)c4)c3s2)C1. The van der Waals surface area contributed by atoms with E-state index in [1.807, 2.05) is 41.1 Å². The lowest BCUT2D eigenvalue weighted by Gasteiger charge is -2.10. The molecule has 8 nitrogen and oxygen atoms in total. The Bertz CT molecular complexity index is 1810. The minimum absolute atomic E-state index is 0.0193. The lowest BCUT2D eigenvalue weighted by molar-refractivity contribution is 0.148. The third kappa shape index (κ3) is 5.99. The highest BCUT2D eigenvalue weighted by Gasteiger charge is 2.24. The number of ether oxygens (including phenoxy) is 1. The summed E-state index contributed by atoms with van der Waals surface area (Å²) < 4.78 is 35.5. The molecule has 0 radical (unpaired) electrons. The Morgan fingerprint density at radius 1 is 1.20 bits per heavy atom. The van der Waals surface area contributed by atoms with Crippen LogP contribution in [0.1, 0.15) is 23.8 Å². The maximum absolute atomic E-state index is 14.2. The van der Waals surface area contributed by atoms with Crippen molar-refractivity contribution in [3.63, 3.8) is 0 Å². The van der Waals surface area contributed by atoms with Gasteiger partial charge in [-0.1, -0.05) is 11.8 Å². The number of hydrogen-bond acceptors (Lipinski definition) is 7. The van der Waals surface area contributed by atoms with E-state index in [-0.39, 0.29) is 18.6 Å². The van der Waals surface area contributed by atoms with Crippen molar-refractivity contribution < 1.29 is 18.3 Å². The Morgan fingerprint density at radius 3 is 2.98 bits per heavy atom. The molecule has 11 heteroatoms. The summed E-state index contributed by atoms with van der Waals surface area (Å²) in [5.41, 5.74) is 2.83. The molecule has 5 aromatic rings. The van der Waals surface area contributed by atoms with Gasteiger partial charge < -0.3 is 25.3 Å². The van der Waals surface area contributed by atoms with E-state index >= 15 is 0 Å². The van der Waals surface area contributed by atoms with Gasteiger partial charge in [-0.15, -0.1) is 11.3 Å². The number of benzene rings is 2. The van der Waals surface area contributed by atoms with Gasteiger partial charge in [-0.25, -0.2) is 23.5 Å². The van der Waals surface area contributed by atoms with Crippen LogP contribution in [0, 0.1) is 23.5 Å². The van der Waals surface area contributed by atoms with Gasteiger partial charge in [0, 0.05) is 40.9 Å². The van der Waals surface area contributed by atoms with Crippen molar-refractivity contribution in [2.75, 3.05) is 18.5 Å². The second-order valence-electron chi connectivity index (χ2n) is 9.65. The predicted molar refractivity (Wildman–Crippen MR) is 155 cm³/mol.